The summed E-state index contributed by atoms with van der Waals surface area (Å²) in [4.78, 5) is 2.49. The average Bonchev–Trinajstić information content (AvgIpc) is 2.74. The molecule has 138 valence electrons. The molecule has 0 aliphatic carbocycles. The average molecular weight is 359 g/mol. The maximum atomic E-state index is 4.48. The molecule has 0 saturated carbocycles. The minimum absolute atomic E-state index is 0.861. The highest BCUT2D eigenvalue weighted by atomic mass is 15.2. The van der Waals surface area contributed by atoms with Crippen molar-refractivity contribution in [2.24, 2.45) is 10.2 Å². The molecule has 0 atom stereocenters. The molecular formula is C22H25N5. The second-order valence-electron chi connectivity index (χ2n) is 6.73. The fourth-order valence-corrected chi connectivity index (χ4v) is 3.41. The van der Waals surface area contributed by atoms with E-state index >= 15 is 0 Å². The predicted molar refractivity (Wildman–Crippen MR) is 112 cm³/mol. The van der Waals surface area contributed by atoms with Crippen molar-refractivity contribution in [2.45, 2.75) is 0 Å². The van der Waals surface area contributed by atoms with Crippen LogP contribution >= 0.6 is 0 Å². The van der Waals surface area contributed by atoms with Gasteiger partial charge in [0.25, 0.3) is 0 Å². The molecule has 0 aromatic heterocycles. The van der Waals surface area contributed by atoms with Gasteiger partial charge in [-0.15, -0.1) is 5.11 Å². The molecule has 1 heterocycles. The molecule has 4 rings (SSSR count). The second kappa shape index (κ2) is 8.75. The van der Waals surface area contributed by atoms with Gasteiger partial charge >= 0.3 is 0 Å². The van der Waals surface area contributed by atoms with E-state index in [0.717, 1.165) is 61.7 Å². The van der Waals surface area contributed by atoms with Crippen LogP contribution in [-0.4, -0.2) is 44.2 Å². The van der Waals surface area contributed by atoms with Crippen LogP contribution in [0.2, 0.25) is 0 Å². The summed E-state index contributed by atoms with van der Waals surface area (Å²) in [5, 5.41) is 18.1. The van der Waals surface area contributed by atoms with E-state index in [1.165, 1.54) is 5.39 Å². The van der Waals surface area contributed by atoms with Crippen molar-refractivity contribution in [3.05, 3.63) is 66.7 Å². The molecule has 0 amide bonds. The van der Waals surface area contributed by atoms with Crippen molar-refractivity contribution in [2.75, 3.05) is 44.6 Å². The molecule has 27 heavy (non-hydrogen) atoms. The van der Waals surface area contributed by atoms with Gasteiger partial charge in [0.1, 0.15) is 0 Å². The van der Waals surface area contributed by atoms with Gasteiger partial charge in [0, 0.05) is 55.7 Å². The van der Waals surface area contributed by atoms with Crippen molar-refractivity contribution >= 4 is 27.8 Å². The number of nitrogens with one attached hydrogen (secondary N) is 2. The molecular weight excluding hydrogens is 334 g/mol. The lowest BCUT2D eigenvalue weighted by Gasteiger charge is -2.27. The fraction of sp³-hybridized carbons (Fsp3) is 0.273. The Bertz CT molecular complexity index is 901. The third kappa shape index (κ3) is 4.51. The highest BCUT2D eigenvalue weighted by Crippen LogP contribution is 2.32. The zero-order chi connectivity index (χ0) is 18.3. The number of hydrogen-bond donors (Lipinski definition) is 2. The van der Waals surface area contributed by atoms with Gasteiger partial charge in [0.05, 0.1) is 11.4 Å². The molecule has 5 nitrogen and oxygen atoms in total. The molecule has 0 spiro atoms. The topological polar surface area (TPSA) is 52.0 Å². The second-order valence-corrected chi connectivity index (χ2v) is 6.73. The smallest absolute Gasteiger partial charge is 0.0936 e. The SMILES string of the molecule is c1ccc(N=Nc2ccc(NCCN3CCNCC3)c3ccccc23)cc1. The fourth-order valence-electron chi connectivity index (χ4n) is 3.41. The number of azo groups is 1. The Kier molecular flexibility index (Phi) is 5.72. The predicted octanol–water partition coefficient (Wildman–Crippen LogP) is 4.57. The highest BCUT2D eigenvalue weighted by molar-refractivity contribution is 6.00. The van der Waals surface area contributed by atoms with E-state index in [2.05, 4.69) is 50.0 Å². The Morgan fingerprint density at radius 2 is 1.56 bits per heavy atom. The molecule has 2 N–H and O–H groups in total. The van der Waals surface area contributed by atoms with Crippen molar-refractivity contribution in [1.29, 1.82) is 0 Å². The van der Waals surface area contributed by atoms with Crippen LogP contribution in [0.3, 0.4) is 0 Å². The van der Waals surface area contributed by atoms with E-state index in [1.54, 1.807) is 0 Å². The van der Waals surface area contributed by atoms with Crippen LogP contribution in [0.15, 0.2) is 77.0 Å². The van der Waals surface area contributed by atoms with E-state index in [-0.39, 0.29) is 0 Å². The Morgan fingerprint density at radius 3 is 2.37 bits per heavy atom. The van der Waals surface area contributed by atoms with Gasteiger partial charge in [0.15, 0.2) is 0 Å². The van der Waals surface area contributed by atoms with Crippen molar-refractivity contribution in [3.63, 3.8) is 0 Å². The first-order valence-corrected chi connectivity index (χ1v) is 9.56. The van der Waals surface area contributed by atoms with Crippen LogP contribution in [0, 0.1) is 0 Å². The van der Waals surface area contributed by atoms with Crippen LogP contribution in [0.1, 0.15) is 0 Å². The van der Waals surface area contributed by atoms with Gasteiger partial charge in [-0.2, -0.15) is 5.11 Å². The third-order valence-electron chi connectivity index (χ3n) is 4.88. The molecule has 0 bridgehead atoms. The van der Waals surface area contributed by atoms with Gasteiger partial charge in [-0.05, 0) is 24.3 Å². The lowest BCUT2D eigenvalue weighted by Crippen LogP contribution is -2.45. The zero-order valence-corrected chi connectivity index (χ0v) is 15.4. The quantitative estimate of drug-likeness (QED) is 0.634. The van der Waals surface area contributed by atoms with Crippen LogP contribution in [-0.2, 0) is 0 Å². The summed E-state index contributed by atoms with van der Waals surface area (Å²) in [6, 6.07) is 22.4. The molecule has 1 fully saturated rings. The molecule has 3 aromatic carbocycles. The monoisotopic (exact) mass is 359 g/mol. The number of hydrogen-bond acceptors (Lipinski definition) is 5. The zero-order valence-electron chi connectivity index (χ0n) is 15.4. The highest BCUT2D eigenvalue weighted by Gasteiger charge is 2.09. The summed E-state index contributed by atoms with van der Waals surface area (Å²) in [5.41, 5.74) is 2.90. The van der Waals surface area contributed by atoms with Crippen LogP contribution in [0.5, 0.6) is 0 Å². The summed E-state index contributed by atoms with van der Waals surface area (Å²) < 4.78 is 0. The molecule has 1 saturated heterocycles. The third-order valence-corrected chi connectivity index (χ3v) is 4.88. The number of nitrogens with zero attached hydrogens (tertiary/aromatic N) is 3. The summed E-state index contributed by atoms with van der Waals surface area (Å²) in [6.45, 7) is 6.43. The Balaban J connectivity index is 1.50. The van der Waals surface area contributed by atoms with E-state index < -0.39 is 0 Å². The number of benzene rings is 3. The van der Waals surface area contributed by atoms with E-state index in [9.17, 15) is 0 Å². The lowest BCUT2D eigenvalue weighted by molar-refractivity contribution is 0.249. The number of piperazine rings is 1. The van der Waals surface area contributed by atoms with E-state index in [1.807, 2.05) is 42.5 Å². The molecule has 0 radical (unpaired) electrons. The minimum atomic E-state index is 0.861. The first-order chi connectivity index (χ1) is 13.4. The van der Waals surface area contributed by atoms with Crippen LogP contribution < -0.4 is 10.6 Å². The normalized spacial score (nSPS) is 15.4. The summed E-state index contributed by atoms with van der Waals surface area (Å²) in [7, 11) is 0. The minimum Gasteiger partial charge on any atom is -0.383 e. The van der Waals surface area contributed by atoms with Crippen molar-refractivity contribution in [1.82, 2.24) is 10.2 Å². The maximum Gasteiger partial charge on any atom is 0.0936 e. The first kappa shape index (κ1) is 17.6. The number of fused-ring (bicyclic) bond motifs is 1. The standard InChI is InChI=1S/C22H25N5/c1-2-6-18(7-3-1)25-26-22-11-10-21(19-8-4-5-9-20(19)22)24-14-17-27-15-12-23-13-16-27/h1-11,23-24H,12-17H2. The Labute approximate surface area is 160 Å². The van der Waals surface area contributed by atoms with Gasteiger partial charge in [-0.3, -0.25) is 4.90 Å². The maximum absolute atomic E-state index is 4.48. The van der Waals surface area contributed by atoms with Gasteiger partial charge < -0.3 is 10.6 Å². The number of rotatable bonds is 6. The van der Waals surface area contributed by atoms with E-state index in [0.29, 0.717) is 0 Å². The van der Waals surface area contributed by atoms with Crippen molar-refractivity contribution in [3.8, 4) is 0 Å². The van der Waals surface area contributed by atoms with Gasteiger partial charge in [0.2, 0.25) is 0 Å². The van der Waals surface area contributed by atoms with Gasteiger partial charge in [-0.1, -0.05) is 42.5 Å². The number of anilines is 1. The Morgan fingerprint density at radius 1 is 0.815 bits per heavy atom. The lowest BCUT2D eigenvalue weighted by atomic mass is 10.1. The molecule has 3 aromatic rings. The first-order valence-electron chi connectivity index (χ1n) is 9.56. The molecule has 5 heteroatoms. The van der Waals surface area contributed by atoms with Crippen molar-refractivity contribution < 1.29 is 0 Å². The van der Waals surface area contributed by atoms with E-state index in [4.69, 9.17) is 0 Å². The summed E-state index contributed by atoms with van der Waals surface area (Å²) in [5.74, 6) is 0. The largest absolute Gasteiger partial charge is 0.383 e. The van der Waals surface area contributed by atoms with Crippen LogP contribution in [0.25, 0.3) is 10.8 Å². The summed E-state index contributed by atoms with van der Waals surface area (Å²) >= 11 is 0. The summed E-state index contributed by atoms with van der Waals surface area (Å²) in [6.07, 6.45) is 0. The molecule has 1 aliphatic heterocycles. The molecule has 0 unspecified atom stereocenters. The molecule has 1 aliphatic rings. The van der Waals surface area contributed by atoms with Crippen LogP contribution in [0.4, 0.5) is 17.1 Å². The Hall–Kier alpha value is -2.76. The van der Waals surface area contributed by atoms with Gasteiger partial charge in [-0.25, -0.2) is 0 Å².